The quantitative estimate of drug-likeness (QED) is 0.803. The standard InChI is InChI=1S/C11H14ClNO3S2/c1-7-10(18(12,15)16)5-9(17-7)11(14)13(2)6-8-3-4-8/h5,8H,3-4,6H2,1-2H3. The first-order chi connectivity index (χ1) is 8.29. The molecular formula is C11H14ClNO3S2. The minimum Gasteiger partial charge on any atom is -0.341 e. The van der Waals surface area contributed by atoms with Gasteiger partial charge >= 0.3 is 0 Å². The molecule has 1 amide bonds. The molecule has 0 aliphatic heterocycles. The Morgan fingerprint density at radius 3 is 2.61 bits per heavy atom. The fraction of sp³-hybridized carbons (Fsp3) is 0.545. The number of thiophene rings is 1. The molecule has 1 aliphatic carbocycles. The molecule has 1 aromatic heterocycles. The van der Waals surface area contributed by atoms with Crippen LogP contribution in [0.5, 0.6) is 0 Å². The van der Waals surface area contributed by atoms with Crippen molar-refractivity contribution >= 4 is 37.0 Å². The molecule has 0 spiro atoms. The number of hydrogen-bond donors (Lipinski definition) is 0. The predicted molar refractivity (Wildman–Crippen MR) is 71.8 cm³/mol. The van der Waals surface area contributed by atoms with E-state index in [-0.39, 0.29) is 10.8 Å². The van der Waals surface area contributed by atoms with E-state index in [9.17, 15) is 13.2 Å². The minimum atomic E-state index is -3.77. The van der Waals surface area contributed by atoms with Crippen LogP contribution in [0.25, 0.3) is 0 Å². The summed E-state index contributed by atoms with van der Waals surface area (Å²) in [5.41, 5.74) is 0. The van der Waals surface area contributed by atoms with E-state index < -0.39 is 9.05 Å². The molecule has 0 unspecified atom stereocenters. The Balaban J connectivity index is 2.20. The maximum absolute atomic E-state index is 12.1. The van der Waals surface area contributed by atoms with Crippen LogP contribution in [0.4, 0.5) is 0 Å². The largest absolute Gasteiger partial charge is 0.341 e. The third-order valence-electron chi connectivity index (χ3n) is 2.92. The first-order valence-electron chi connectivity index (χ1n) is 5.59. The summed E-state index contributed by atoms with van der Waals surface area (Å²) in [6.45, 7) is 2.39. The Morgan fingerprint density at radius 2 is 2.17 bits per heavy atom. The van der Waals surface area contributed by atoms with Crippen molar-refractivity contribution in [3.63, 3.8) is 0 Å². The maximum Gasteiger partial charge on any atom is 0.263 e. The van der Waals surface area contributed by atoms with Crippen molar-refractivity contribution in [3.05, 3.63) is 15.8 Å². The van der Waals surface area contributed by atoms with Gasteiger partial charge in [0.05, 0.1) is 9.77 Å². The molecule has 1 aliphatic rings. The first-order valence-corrected chi connectivity index (χ1v) is 8.72. The van der Waals surface area contributed by atoms with Crippen LogP contribution in [0.15, 0.2) is 11.0 Å². The van der Waals surface area contributed by atoms with Gasteiger partial charge in [-0.25, -0.2) is 8.42 Å². The minimum absolute atomic E-state index is 0.0392. The molecule has 2 rings (SSSR count). The number of hydrogen-bond acceptors (Lipinski definition) is 4. The Hall–Kier alpha value is -0.590. The Morgan fingerprint density at radius 1 is 1.56 bits per heavy atom. The summed E-state index contributed by atoms with van der Waals surface area (Å²) < 4.78 is 22.6. The summed E-state index contributed by atoms with van der Waals surface area (Å²) in [6, 6.07) is 1.37. The predicted octanol–water partition coefficient (Wildman–Crippen LogP) is 2.47. The fourth-order valence-corrected chi connectivity index (χ4v) is 4.43. The van der Waals surface area contributed by atoms with Crippen molar-refractivity contribution in [2.75, 3.05) is 13.6 Å². The summed E-state index contributed by atoms with van der Waals surface area (Å²) in [4.78, 5) is 14.8. The van der Waals surface area contributed by atoms with Gasteiger partial charge in [-0.15, -0.1) is 11.3 Å². The monoisotopic (exact) mass is 307 g/mol. The SMILES string of the molecule is Cc1sc(C(=O)N(C)CC2CC2)cc1S(=O)(=O)Cl. The smallest absolute Gasteiger partial charge is 0.263 e. The van der Waals surface area contributed by atoms with Crippen molar-refractivity contribution in [3.8, 4) is 0 Å². The number of aryl methyl sites for hydroxylation is 1. The second-order valence-electron chi connectivity index (χ2n) is 4.60. The highest BCUT2D eigenvalue weighted by Gasteiger charge is 2.27. The highest BCUT2D eigenvalue weighted by molar-refractivity contribution is 8.13. The van der Waals surface area contributed by atoms with Crippen LogP contribution in [-0.4, -0.2) is 32.8 Å². The molecule has 18 heavy (non-hydrogen) atoms. The molecule has 1 heterocycles. The van der Waals surface area contributed by atoms with E-state index in [1.54, 1.807) is 18.9 Å². The van der Waals surface area contributed by atoms with Gasteiger partial charge in [-0.1, -0.05) is 0 Å². The van der Waals surface area contributed by atoms with E-state index in [0.717, 1.165) is 6.54 Å². The van der Waals surface area contributed by atoms with Crippen LogP contribution in [-0.2, 0) is 9.05 Å². The summed E-state index contributed by atoms with van der Waals surface area (Å²) in [5, 5.41) is 0. The average Bonchev–Trinajstić information content (AvgIpc) is 2.96. The third kappa shape index (κ3) is 3.05. The lowest BCUT2D eigenvalue weighted by Crippen LogP contribution is -2.28. The van der Waals surface area contributed by atoms with Gasteiger partial charge in [0.2, 0.25) is 0 Å². The molecule has 1 saturated carbocycles. The third-order valence-corrected chi connectivity index (χ3v) is 5.54. The normalized spacial score (nSPS) is 15.7. The molecule has 1 fully saturated rings. The molecule has 0 saturated heterocycles. The Kier molecular flexibility index (Phi) is 3.71. The number of rotatable bonds is 4. The Labute approximate surface area is 115 Å². The molecular weight excluding hydrogens is 294 g/mol. The molecule has 0 atom stereocenters. The van der Waals surface area contributed by atoms with E-state index in [1.165, 1.54) is 30.2 Å². The van der Waals surface area contributed by atoms with Crippen molar-refractivity contribution < 1.29 is 13.2 Å². The first kappa shape index (κ1) is 13.8. The van der Waals surface area contributed by atoms with Crippen LogP contribution >= 0.6 is 22.0 Å². The number of halogens is 1. The summed E-state index contributed by atoms with van der Waals surface area (Å²) in [5.74, 6) is 0.470. The number of carbonyl (C=O) groups excluding carboxylic acids is 1. The van der Waals surface area contributed by atoms with Gasteiger partial charge < -0.3 is 4.90 Å². The zero-order valence-electron chi connectivity index (χ0n) is 10.1. The van der Waals surface area contributed by atoms with Gasteiger partial charge in [0.15, 0.2) is 0 Å². The molecule has 4 nitrogen and oxygen atoms in total. The van der Waals surface area contributed by atoms with Crippen LogP contribution in [0.1, 0.15) is 27.4 Å². The number of carbonyl (C=O) groups is 1. The van der Waals surface area contributed by atoms with Crippen LogP contribution < -0.4 is 0 Å². The van der Waals surface area contributed by atoms with Crippen LogP contribution in [0.3, 0.4) is 0 Å². The van der Waals surface area contributed by atoms with Crippen molar-refractivity contribution in [2.24, 2.45) is 5.92 Å². The molecule has 0 N–H and O–H groups in total. The van der Waals surface area contributed by atoms with E-state index in [4.69, 9.17) is 10.7 Å². The highest BCUT2D eigenvalue weighted by atomic mass is 35.7. The lowest BCUT2D eigenvalue weighted by atomic mass is 10.3. The molecule has 7 heteroatoms. The lowest BCUT2D eigenvalue weighted by molar-refractivity contribution is 0.0793. The van der Waals surface area contributed by atoms with E-state index in [1.807, 2.05) is 0 Å². The van der Waals surface area contributed by atoms with Crippen molar-refractivity contribution in [1.29, 1.82) is 0 Å². The van der Waals surface area contributed by atoms with Crippen LogP contribution in [0.2, 0.25) is 0 Å². The second kappa shape index (κ2) is 4.83. The van der Waals surface area contributed by atoms with Gasteiger partial charge in [-0.05, 0) is 31.7 Å². The van der Waals surface area contributed by atoms with Crippen LogP contribution in [0, 0.1) is 12.8 Å². The lowest BCUT2D eigenvalue weighted by Gasteiger charge is -2.15. The highest BCUT2D eigenvalue weighted by Crippen LogP contribution is 2.32. The van der Waals surface area contributed by atoms with E-state index in [2.05, 4.69) is 0 Å². The van der Waals surface area contributed by atoms with Gasteiger partial charge in [0, 0.05) is 29.2 Å². The zero-order valence-corrected chi connectivity index (χ0v) is 12.5. The summed E-state index contributed by atoms with van der Waals surface area (Å²) >= 11 is 1.17. The summed E-state index contributed by atoms with van der Waals surface area (Å²) in [7, 11) is 3.28. The maximum atomic E-state index is 12.1. The fourth-order valence-electron chi connectivity index (χ4n) is 1.77. The molecule has 0 aromatic carbocycles. The van der Waals surface area contributed by atoms with Crippen molar-refractivity contribution in [1.82, 2.24) is 4.90 Å². The number of amides is 1. The molecule has 100 valence electrons. The average molecular weight is 308 g/mol. The molecule has 0 bridgehead atoms. The number of nitrogens with zero attached hydrogens (tertiary/aromatic N) is 1. The second-order valence-corrected chi connectivity index (χ2v) is 8.39. The Bertz CT molecular complexity index is 575. The zero-order chi connectivity index (χ0) is 13.5. The van der Waals surface area contributed by atoms with Crippen molar-refractivity contribution in [2.45, 2.75) is 24.7 Å². The molecule has 1 aromatic rings. The van der Waals surface area contributed by atoms with Gasteiger partial charge in [-0.3, -0.25) is 4.79 Å². The van der Waals surface area contributed by atoms with Gasteiger partial charge in [0.1, 0.15) is 0 Å². The van der Waals surface area contributed by atoms with E-state index in [0.29, 0.717) is 15.7 Å². The van der Waals surface area contributed by atoms with Gasteiger partial charge in [0.25, 0.3) is 15.0 Å². The topological polar surface area (TPSA) is 54.5 Å². The van der Waals surface area contributed by atoms with E-state index >= 15 is 0 Å². The molecule has 0 radical (unpaired) electrons. The van der Waals surface area contributed by atoms with Gasteiger partial charge in [-0.2, -0.15) is 0 Å². The summed E-state index contributed by atoms with van der Waals surface area (Å²) in [6.07, 6.45) is 2.34.